The number of ether oxygens (including phenoxy) is 2. The predicted octanol–water partition coefficient (Wildman–Crippen LogP) is 2.50. The second kappa shape index (κ2) is 6.36. The molecule has 6 nitrogen and oxygen atoms in total. The molecule has 0 atom stereocenters. The van der Waals surface area contributed by atoms with Crippen molar-refractivity contribution in [2.45, 2.75) is 6.92 Å². The molecular weight excluding hydrogens is 292 g/mol. The van der Waals surface area contributed by atoms with Gasteiger partial charge in [-0.15, -0.1) is 11.3 Å². The molecule has 0 aromatic carbocycles. The van der Waals surface area contributed by atoms with Gasteiger partial charge in [-0.3, -0.25) is 4.79 Å². The van der Waals surface area contributed by atoms with Gasteiger partial charge in [0, 0.05) is 6.20 Å². The van der Waals surface area contributed by atoms with Crippen LogP contribution in [-0.2, 0) is 4.74 Å². The van der Waals surface area contributed by atoms with Crippen molar-refractivity contribution in [1.29, 1.82) is 0 Å². The van der Waals surface area contributed by atoms with Gasteiger partial charge in [-0.1, -0.05) is 0 Å². The Bertz CT molecular complexity index is 681. The smallest absolute Gasteiger partial charge is 0.350 e. The van der Waals surface area contributed by atoms with Crippen LogP contribution in [0.15, 0.2) is 23.7 Å². The maximum atomic E-state index is 12.3. The first-order valence-electron chi connectivity index (χ1n) is 6.05. The second-order valence-electron chi connectivity index (χ2n) is 4.13. The van der Waals surface area contributed by atoms with E-state index in [4.69, 9.17) is 9.47 Å². The van der Waals surface area contributed by atoms with Crippen LogP contribution in [0.1, 0.15) is 25.6 Å². The van der Waals surface area contributed by atoms with Crippen molar-refractivity contribution >= 4 is 28.9 Å². The molecule has 7 heteroatoms. The van der Waals surface area contributed by atoms with Crippen LogP contribution in [0.25, 0.3) is 0 Å². The molecule has 0 saturated carbocycles. The number of nitrogens with one attached hydrogen (secondary N) is 1. The minimum Gasteiger partial charge on any atom is -0.480 e. The van der Waals surface area contributed by atoms with Crippen LogP contribution in [0, 0.1) is 6.92 Å². The Hall–Kier alpha value is -2.41. The highest BCUT2D eigenvalue weighted by molar-refractivity contribution is 7.12. The third-order valence-corrected chi connectivity index (χ3v) is 3.87. The first kappa shape index (κ1) is 15.0. The van der Waals surface area contributed by atoms with Gasteiger partial charge >= 0.3 is 5.97 Å². The number of esters is 1. The Morgan fingerprint density at radius 1 is 1.33 bits per heavy atom. The monoisotopic (exact) mass is 306 g/mol. The van der Waals surface area contributed by atoms with E-state index >= 15 is 0 Å². The zero-order valence-electron chi connectivity index (χ0n) is 11.8. The third kappa shape index (κ3) is 3.03. The number of hydrogen-bond donors (Lipinski definition) is 1. The number of carbonyl (C=O) groups excluding carboxylic acids is 2. The van der Waals surface area contributed by atoms with Crippen molar-refractivity contribution in [3.05, 3.63) is 39.7 Å². The first-order valence-corrected chi connectivity index (χ1v) is 6.93. The molecule has 110 valence electrons. The topological polar surface area (TPSA) is 77.5 Å². The van der Waals surface area contributed by atoms with Crippen LogP contribution >= 0.6 is 11.3 Å². The lowest BCUT2D eigenvalue weighted by atomic mass is 10.2. The number of rotatable bonds is 4. The third-order valence-electron chi connectivity index (χ3n) is 2.79. The highest BCUT2D eigenvalue weighted by atomic mass is 32.1. The van der Waals surface area contributed by atoms with E-state index < -0.39 is 11.9 Å². The molecule has 0 unspecified atom stereocenters. The van der Waals surface area contributed by atoms with Crippen LogP contribution in [0.5, 0.6) is 5.88 Å². The quantitative estimate of drug-likeness (QED) is 0.878. The van der Waals surface area contributed by atoms with Gasteiger partial charge in [0.15, 0.2) is 0 Å². The summed E-state index contributed by atoms with van der Waals surface area (Å²) in [5, 5.41) is 4.50. The van der Waals surface area contributed by atoms with Crippen LogP contribution in [0.4, 0.5) is 5.69 Å². The Kier molecular flexibility index (Phi) is 4.54. The number of amides is 1. The van der Waals surface area contributed by atoms with Crippen molar-refractivity contribution in [2.24, 2.45) is 0 Å². The summed E-state index contributed by atoms with van der Waals surface area (Å²) < 4.78 is 9.76. The van der Waals surface area contributed by atoms with E-state index in [1.54, 1.807) is 24.4 Å². The van der Waals surface area contributed by atoms with Crippen molar-refractivity contribution in [3.63, 3.8) is 0 Å². The summed E-state index contributed by atoms with van der Waals surface area (Å²) in [7, 11) is 2.74. The lowest BCUT2D eigenvalue weighted by Crippen LogP contribution is -2.16. The Labute approximate surface area is 125 Å². The minimum atomic E-state index is -0.485. The van der Waals surface area contributed by atoms with E-state index in [1.807, 2.05) is 0 Å². The van der Waals surface area contributed by atoms with Crippen LogP contribution in [0.3, 0.4) is 0 Å². The van der Waals surface area contributed by atoms with Crippen LogP contribution in [0.2, 0.25) is 0 Å². The van der Waals surface area contributed by atoms with Gasteiger partial charge in [-0.25, -0.2) is 9.78 Å². The van der Waals surface area contributed by atoms with Gasteiger partial charge < -0.3 is 14.8 Å². The lowest BCUT2D eigenvalue weighted by molar-refractivity contribution is 0.0607. The number of pyridine rings is 1. The Morgan fingerprint density at radius 2 is 2.10 bits per heavy atom. The fourth-order valence-corrected chi connectivity index (χ4v) is 2.67. The molecule has 0 bridgehead atoms. The molecule has 2 heterocycles. The number of nitrogens with zero attached hydrogens (tertiary/aromatic N) is 1. The summed E-state index contributed by atoms with van der Waals surface area (Å²) in [6.45, 7) is 1.80. The highest BCUT2D eigenvalue weighted by Crippen LogP contribution is 2.29. The average Bonchev–Trinajstić information content (AvgIpc) is 2.87. The number of thiophene rings is 1. The molecule has 21 heavy (non-hydrogen) atoms. The van der Waals surface area contributed by atoms with Gasteiger partial charge in [-0.05, 0) is 30.0 Å². The Morgan fingerprint density at radius 3 is 2.76 bits per heavy atom. The fourth-order valence-electron chi connectivity index (χ4n) is 1.75. The molecule has 0 aliphatic carbocycles. The second-order valence-corrected chi connectivity index (χ2v) is 5.01. The summed E-state index contributed by atoms with van der Waals surface area (Å²) in [6.07, 6.45) is 1.53. The summed E-state index contributed by atoms with van der Waals surface area (Å²) in [5.74, 6) is -0.657. The summed E-state index contributed by atoms with van der Waals surface area (Å²) in [5.41, 5.74) is 1.53. The van der Waals surface area contributed by atoms with Gasteiger partial charge in [0.2, 0.25) is 5.88 Å². The van der Waals surface area contributed by atoms with Crippen LogP contribution in [-0.4, -0.2) is 31.1 Å². The van der Waals surface area contributed by atoms with Crippen molar-refractivity contribution in [3.8, 4) is 5.88 Å². The van der Waals surface area contributed by atoms with Gasteiger partial charge in [0.1, 0.15) is 10.4 Å². The maximum absolute atomic E-state index is 12.3. The molecule has 0 aliphatic heterocycles. The SMILES string of the molecule is COC(=O)c1scc(C)c1NC(=O)c1cccnc1OC. The predicted molar refractivity (Wildman–Crippen MR) is 79.1 cm³/mol. The molecule has 1 N–H and O–H groups in total. The van der Waals surface area contributed by atoms with Gasteiger partial charge in [0.25, 0.3) is 5.91 Å². The number of carbonyl (C=O) groups is 2. The molecule has 2 rings (SSSR count). The van der Waals surface area contributed by atoms with Crippen LogP contribution < -0.4 is 10.1 Å². The van der Waals surface area contributed by atoms with E-state index in [2.05, 4.69) is 10.3 Å². The van der Waals surface area contributed by atoms with E-state index in [1.165, 1.54) is 31.8 Å². The average molecular weight is 306 g/mol. The molecule has 2 aromatic heterocycles. The zero-order valence-corrected chi connectivity index (χ0v) is 12.6. The van der Waals surface area contributed by atoms with Gasteiger partial charge in [0.05, 0.1) is 19.9 Å². The standard InChI is InChI=1S/C14H14N2O4S/c1-8-7-21-11(14(18)20-3)10(8)16-12(17)9-5-4-6-15-13(9)19-2/h4-7H,1-3H3,(H,16,17). The maximum Gasteiger partial charge on any atom is 0.350 e. The summed E-state index contributed by atoms with van der Waals surface area (Å²) in [4.78, 5) is 28.3. The fraction of sp³-hybridized carbons (Fsp3) is 0.214. The number of methoxy groups -OCH3 is 2. The van der Waals surface area contributed by atoms with E-state index in [0.29, 0.717) is 16.1 Å². The largest absolute Gasteiger partial charge is 0.480 e. The normalized spacial score (nSPS) is 10.0. The highest BCUT2D eigenvalue weighted by Gasteiger charge is 2.20. The summed E-state index contributed by atoms with van der Waals surface area (Å²) >= 11 is 1.22. The molecule has 0 saturated heterocycles. The van der Waals surface area contributed by atoms with Crippen molar-refractivity contribution in [2.75, 3.05) is 19.5 Å². The molecular formula is C14H14N2O4S. The molecule has 2 aromatic rings. The van der Waals surface area contributed by atoms with Crippen molar-refractivity contribution in [1.82, 2.24) is 4.98 Å². The summed E-state index contributed by atoms with van der Waals surface area (Å²) in [6, 6.07) is 3.24. The first-order chi connectivity index (χ1) is 10.1. The molecule has 0 spiro atoms. The number of hydrogen-bond acceptors (Lipinski definition) is 6. The number of anilines is 1. The van der Waals surface area contributed by atoms with E-state index in [9.17, 15) is 9.59 Å². The van der Waals surface area contributed by atoms with Crippen molar-refractivity contribution < 1.29 is 19.1 Å². The molecule has 0 radical (unpaired) electrons. The number of aromatic nitrogens is 1. The van der Waals surface area contributed by atoms with E-state index in [-0.39, 0.29) is 5.88 Å². The molecule has 0 aliphatic rings. The number of aryl methyl sites for hydroxylation is 1. The Balaban J connectivity index is 2.32. The zero-order chi connectivity index (χ0) is 15.4. The molecule has 0 fully saturated rings. The van der Waals surface area contributed by atoms with Gasteiger partial charge in [-0.2, -0.15) is 0 Å². The lowest BCUT2D eigenvalue weighted by Gasteiger charge is -2.09. The molecule has 1 amide bonds. The minimum absolute atomic E-state index is 0.225. The van der Waals surface area contributed by atoms with E-state index in [0.717, 1.165) is 5.56 Å².